The SMILES string of the molecule is CC1(C)c2ccccc2-c2ccc(N(c3nc(-c4ccc(-c5ccccc5)cc4)nc(-c4cccc5c6ccccc6n(-c6ccccc6)c45)n3)c3cccc4sc5ccccc5c34)cc21. The molecule has 0 saturated carbocycles. The fraction of sp³-hybridized carbons (Fsp3) is 0.0500. The smallest absolute Gasteiger partial charge is 0.238 e. The predicted molar refractivity (Wildman–Crippen MR) is 276 cm³/mol. The molecule has 1 aliphatic carbocycles. The highest BCUT2D eigenvalue weighted by molar-refractivity contribution is 7.26. The Balaban J connectivity index is 1.11. The van der Waals surface area contributed by atoms with Gasteiger partial charge in [-0.25, -0.2) is 4.98 Å². The van der Waals surface area contributed by atoms with Crippen molar-refractivity contribution in [1.82, 2.24) is 19.5 Å². The third kappa shape index (κ3) is 5.95. The largest absolute Gasteiger partial charge is 0.309 e. The molecule has 0 unspecified atom stereocenters. The van der Waals surface area contributed by atoms with Crippen molar-refractivity contribution in [3.63, 3.8) is 0 Å². The Morgan fingerprint density at radius 2 is 1.08 bits per heavy atom. The molecule has 0 saturated heterocycles. The Hall–Kier alpha value is -8.19. The molecule has 0 N–H and O–H groups in total. The minimum Gasteiger partial charge on any atom is -0.309 e. The first kappa shape index (κ1) is 38.3. The molecule has 1 aliphatic rings. The number of hydrogen-bond acceptors (Lipinski definition) is 5. The van der Waals surface area contributed by atoms with Crippen molar-refractivity contribution < 1.29 is 0 Å². The van der Waals surface area contributed by atoms with E-state index in [9.17, 15) is 0 Å². The number of para-hydroxylation sites is 3. The van der Waals surface area contributed by atoms with Gasteiger partial charge in [-0.1, -0.05) is 172 Å². The average Bonchev–Trinajstić information content (AvgIpc) is 4.00. The van der Waals surface area contributed by atoms with Gasteiger partial charge in [-0.15, -0.1) is 11.3 Å². The van der Waals surface area contributed by atoms with Crippen LogP contribution in [0.2, 0.25) is 0 Å². The van der Waals surface area contributed by atoms with E-state index in [2.05, 4.69) is 236 Å². The molecule has 66 heavy (non-hydrogen) atoms. The fourth-order valence-corrected chi connectivity index (χ4v) is 11.5. The zero-order valence-electron chi connectivity index (χ0n) is 36.4. The van der Waals surface area contributed by atoms with Crippen molar-refractivity contribution >= 4 is 70.6 Å². The van der Waals surface area contributed by atoms with Crippen LogP contribution in [0.3, 0.4) is 0 Å². The lowest BCUT2D eigenvalue weighted by Gasteiger charge is -2.27. The molecule has 5 nitrogen and oxygen atoms in total. The molecule has 12 aromatic rings. The van der Waals surface area contributed by atoms with E-state index in [1.807, 2.05) is 11.3 Å². The van der Waals surface area contributed by atoms with Crippen LogP contribution in [0.5, 0.6) is 0 Å². The van der Waals surface area contributed by atoms with Gasteiger partial charge in [0.1, 0.15) is 0 Å². The molecular weight excluding hydrogens is 823 g/mol. The summed E-state index contributed by atoms with van der Waals surface area (Å²) >= 11 is 1.81. The van der Waals surface area contributed by atoms with Crippen LogP contribution in [-0.2, 0) is 5.41 Å². The molecule has 0 amide bonds. The second-order valence-electron chi connectivity index (χ2n) is 17.6. The summed E-state index contributed by atoms with van der Waals surface area (Å²) in [7, 11) is 0. The molecular formula is C60H41N5S. The highest BCUT2D eigenvalue weighted by Gasteiger charge is 2.36. The third-order valence-electron chi connectivity index (χ3n) is 13.5. The number of fused-ring (bicyclic) bond motifs is 9. The summed E-state index contributed by atoms with van der Waals surface area (Å²) in [6, 6.07) is 75.9. The number of thiophene rings is 1. The number of nitrogens with zero attached hydrogens (tertiary/aromatic N) is 5. The standard InChI is InChI=1S/C60H41N5S/c1-60(2)49-26-12-9-21-43(49)44-36-35-42(37-50(44)60)65(52-28-16-30-54-55(52)47-23-11-14-29-53(47)66-54)59-62-57(40-33-31-39(32-34-40)38-17-5-3-6-18-38)61-58(63-59)48-25-15-24-46-45-22-10-13-27-51(45)64(56(46)48)41-19-7-4-8-20-41/h3-37H,1-2H3. The van der Waals surface area contributed by atoms with E-state index in [0.717, 1.165) is 55.7 Å². The molecule has 9 aromatic carbocycles. The number of aromatic nitrogens is 4. The van der Waals surface area contributed by atoms with E-state index < -0.39 is 0 Å². The second kappa shape index (κ2) is 14.9. The first-order valence-electron chi connectivity index (χ1n) is 22.4. The van der Waals surface area contributed by atoms with Gasteiger partial charge < -0.3 is 4.57 Å². The van der Waals surface area contributed by atoms with Crippen molar-refractivity contribution in [2.24, 2.45) is 0 Å². The molecule has 6 heteroatoms. The number of rotatable bonds is 7. The first-order valence-corrected chi connectivity index (χ1v) is 23.3. The summed E-state index contributed by atoms with van der Waals surface area (Å²) < 4.78 is 4.80. The molecule has 0 radical (unpaired) electrons. The van der Waals surface area contributed by atoms with Gasteiger partial charge in [0.15, 0.2) is 11.6 Å². The Labute approximate surface area is 386 Å². The predicted octanol–water partition coefficient (Wildman–Crippen LogP) is 16.1. The van der Waals surface area contributed by atoms with Gasteiger partial charge in [0.05, 0.1) is 16.7 Å². The lowest BCUT2D eigenvalue weighted by atomic mass is 9.82. The molecule has 3 heterocycles. The Bertz CT molecular complexity index is 3850. The minimum absolute atomic E-state index is 0.217. The Morgan fingerprint density at radius 3 is 1.92 bits per heavy atom. The lowest BCUT2D eigenvalue weighted by molar-refractivity contribution is 0.660. The van der Waals surface area contributed by atoms with Crippen LogP contribution in [0.15, 0.2) is 212 Å². The molecule has 312 valence electrons. The highest BCUT2D eigenvalue weighted by atomic mass is 32.1. The highest BCUT2D eigenvalue weighted by Crippen LogP contribution is 2.52. The zero-order valence-corrected chi connectivity index (χ0v) is 37.2. The summed E-state index contributed by atoms with van der Waals surface area (Å²) in [5.41, 5.74) is 14.3. The summed E-state index contributed by atoms with van der Waals surface area (Å²) in [5.74, 6) is 1.72. The first-order chi connectivity index (χ1) is 32.5. The number of hydrogen-bond donors (Lipinski definition) is 0. The number of anilines is 3. The van der Waals surface area contributed by atoms with Crippen molar-refractivity contribution in [2.45, 2.75) is 19.3 Å². The molecule has 13 rings (SSSR count). The van der Waals surface area contributed by atoms with Crippen LogP contribution < -0.4 is 4.90 Å². The third-order valence-corrected chi connectivity index (χ3v) is 14.6. The quantitative estimate of drug-likeness (QED) is 0.160. The van der Waals surface area contributed by atoms with Gasteiger partial charge in [0.2, 0.25) is 5.95 Å². The topological polar surface area (TPSA) is 46.8 Å². The van der Waals surface area contributed by atoms with Crippen molar-refractivity contribution in [3.8, 4) is 50.7 Å². The monoisotopic (exact) mass is 863 g/mol. The summed E-state index contributed by atoms with van der Waals surface area (Å²) in [4.78, 5) is 18.9. The van der Waals surface area contributed by atoms with E-state index in [0.29, 0.717) is 17.6 Å². The molecule has 3 aromatic heterocycles. The van der Waals surface area contributed by atoms with Crippen LogP contribution >= 0.6 is 11.3 Å². The van der Waals surface area contributed by atoms with Crippen molar-refractivity contribution in [3.05, 3.63) is 223 Å². The maximum absolute atomic E-state index is 5.64. The van der Waals surface area contributed by atoms with Gasteiger partial charge in [-0.3, -0.25) is 4.90 Å². The second-order valence-corrected chi connectivity index (χ2v) is 18.7. The van der Waals surface area contributed by atoms with Crippen LogP contribution in [0.4, 0.5) is 17.3 Å². The molecule has 0 bridgehead atoms. The molecule has 0 aliphatic heterocycles. The molecule has 0 fully saturated rings. The lowest BCUT2D eigenvalue weighted by Crippen LogP contribution is -2.18. The maximum Gasteiger partial charge on any atom is 0.238 e. The van der Waals surface area contributed by atoms with Gasteiger partial charge in [-0.05, 0) is 88.0 Å². The van der Waals surface area contributed by atoms with Crippen LogP contribution in [0, 0.1) is 0 Å². The van der Waals surface area contributed by atoms with Gasteiger partial charge >= 0.3 is 0 Å². The van der Waals surface area contributed by atoms with E-state index >= 15 is 0 Å². The average molecular weight is 864 g/mol. The van der Waals surface area contributed by atoms with E-state index in [-0.39, 0.29) is 5.41 Å². The number of benzene rings is 9. The molecule has 0 atom stereocenters. The Morgan fingerprint density at radius 1 is 0.455 bits per heavy atom. The van der Waals surface area contributed by atoms with Gasteiger partial charge in [-0.2, -0.15) is 9.97 Å². The van der Waals surface area contributed by atoms with Crippen LogP contribution in [0.25, 0.3) is 92.7 Å². The molecule has 0 spiro atoms. The summed E-state index contributed by atoms with van der Waals surface area (Å²) in [6.45, 7) is 4.67. The van der Waals surface area contributed by atoms with Crippen molar-refractivity contribution in [1.29, 1.82) is 0 Å². The van der Waals surface area contributed by atoms with Crippen LogP contribution in [0.1, 0.15) is 25.0 Å². The maximum atomic E-state index is 5.64. The summed E-state index contributed by atoms with van der Waals surface area (Å²) in [5, 5.41) is 4.68. The zero-order chi connectivity index (χ0) is 43.9. The fourth-order valence-electron chi connectivity index (χ4n) is 10.3. The van der Waals surface area contributed by atoms with Crippen molar-refractivity contribution in [2.75, 3.05) is 4.90 Å². The van der Waals surface area contributed by atoms with E-state index in [1.54, 1.807) is 0 Å². The van der Waals surface area contributed by atoms with Crippen LogP contribution in [-0.4, -0.2) is 19.5 Å². The van der Waals surface area contributed by atoms with Gasteiger partial charge in [0.25, 0.3) is 0 Å². The van der Waals surface area contributed by atoms with Gasteiger partial charge in [0, 0.05) is 58.9 Å². The Kier molecular flexibility index (Phi) is 8.67. The summed E-state index contributed by atoms with van der Waals surface area (Å²) in [6.07, 6.45) is 0. The minimum atomic E-state index is -0.217. The van der Waals surface area contributed by atoms with E-state index in [4.69, 9.17) is 15.0 Å². The van der Waals surface area contributed by atoms with E-state index in [1.165, 1.54) is 47.8 Å². The normalized spacial score (nSPS) is 12.8.